The minimum Gasteiger partial charge on any atom is -0.337 e. The number of hydrogen-bond donors (Lipinski definition) is 0. The fraction of sp³-hybridized carbons (Fsp3) is 0.190. The van der Waals surface area contributed by atoms with Gasteiger partial charge >= 0.3 is 0 Å². The summed E-state index contributed by atoms with van der Waals surface area (Å²) in [6, 6.07) is 15.6. The summed E-state index contributed by atoms with van der Waals surface area (Å²) in [5.41, 5.74) is 2.80. The summed E-state index contributed by atoms with van der Waals surface area (Å²) in [6.45, 7) is 3.48. The average Bonchev–Trinajstić information content (AvgIpc) is 3.34. The van der Waals surface area contributed by atoms with E-state index in [-0.39, 0.29) is 18.3 Å². The van der Waals surface area contributed by atoms with Crippen molar-refractivity contribution in [1.82, 2.24) is 14.5 Å². The molecule has 0 unspecified atom stereocenters. The fourth-order valence-electron chi connectivity index (χ4n) is 2.99. The minimum atomic E-state index is -0.0167. The molecule has 0 bridgehead atoms. The van der Waals surface area contributed by atoms with Gasteiger partial charge in [0.1, 0.15) is 0 Å². The Morgan fingerprint density at radius 1 is 1.18 bits per heavy atom. The molecule has 0 aliphatic heterocycles. The van der Waals surface area contributed by atoms with Crippen LogP contribution in [0.2, 0.25) is 0 Å². The Morgan fingerprint density at radius 3 is 2.75 bits per heavy atom. The highest BCUT2D eigenvalue weighted by Gasteiger charge is 2.21. The van der Waals surface area contributed by atoms with Gasteiger partial charge in [-0.15, -0.1) is 12.4 Å². The summed E-state index contributed by atoms with van der Waals surface area (Å²) in [7, 11) is 0. The van der Waals surface area contributed by atoms with E-state index in [0.717, 1.165) is 28.3 Å². The number of benzene rings is 2. The monoisotopic (exact) mass is 412 g/mol. The van der Waals surface area contributed by atoms with E-state index in [2.05, 4.69) is 18.0 Å². The summed E-state index contributed by atoms with van der Waals surface area (Å²) < 4.78 is 3.12. The van der Waals surface area contributed by atoms with Crippen molar-refractivity contribution in [2.75, 3.05) is 11.4 Å². The Hall–Kier alpha value is -2.70. The number of carbonyl (C=O) groups excluding carboxylic acids is 1. The SMILES string of the molecule is Cc1ccc2nc(N(CCCn3ccnc3)C(=O)c3ccccc3)sc2c1.Cl. The van der Waals surface area contributed by atoms with Gasteiger partial charge in [-0.25, -0.2) is 9.97 Å². The van der Waals surface area contributed by atoms with E-state index < -0.39 is 0 Å². The molecule has 2 heterocycles. The summed E-state index contributed by atoms with van der Waals surface area (Å²) in [5, 5.41) is 0.745. The minimum absolute atomic E-state index is 0. The van der Waals surface area contributed by atoms with Crippen LogP contribution in [-0.4, -0.2) is 27.0 Å². The molecule has 0 radical (unpaired) electrons. The second kappa shape index (κ2) is 8.99. The summed E-state index contributed by atoms with van der Waals surface area (Å²) in [4.78, 5) is 23.7. The van der Waals surface area contributed by atoms with E-state index in [9.17, 15) is 4.79 Å². The molecule has 5 nitrogen and oxygen atoms in total. The molecule has 2 aromatic heterocycles. The largest absolute Gasteiger partial charge is 0.337 e. The van der Waals surface area contributed by atoms with Gasteiger partial charge in [-0.2, -0.15) is 0 Å². The van der Waals surface area contributed by atoms with Crippen LogP contribution < -0.4 is 4.90 Å². The maximum Gasteiger partial charge on any atom is 0.260 e. The fourth-order valence-corrected chi connectivity index (χ4v) is 4.07. The number of rotatable bonds is 6. The van der Waals surface area contributed by atoms with Gasteiger partial charge in [0.05, 0.1) is 16.5 Å². The summed E-state index contributed by atoms with van der Waals surface area (Å²) in [6.07, 6.45) is 6.32. The molecule has 7 heteroatoms. The summed E-state index contributed by atoms with van der Waals surface area (Å²) >= 11 is 1.57. The number of aryl methyl sites for hydroxylation is 2. The zero-order valence-electron chi connectivity index (χ0n) is 15.5. The van der Waals surface area contributed by atoms with Crippen molar-refractivity contribution in [2.24, 2.45) is 0 Å². The van der Waals surface area contributed by atoms with Gasteiger partial charge < -0.3 is 4.57 Å². The van der Waals surface area contributed by atoms with Crippen LogP contribution in [0.15, 0.2) is 67.3 Å². The van der Waals surface area contributed by atoms with E-state index in [0.29, 0.717) is 12.1 Å². The van der Waals surface area contributed by atoms with Crippen LogP contribution >= 0.6 is 23.7 Å². The molecule has 0 spiro atoms. The summed E-state index contributed by atoms with van der Waals surface area (Å²) in [5.74, 6) is -0.0167. The third-order valence-electron chi connectivity index (χ3n) is 4.39. The van der Waals surface area contributed by atoms with E-state index in [4.69, 9.17) is 4.98 Å². The van der Waals surface area contributed by atoms with Crippen molar-refractivity contribution in [3.63, 3.8) is 0 Å². The predicted molar refractivity (Wildman–Crippen MR) is 117 cm³/mol. The number of anilines is 1. The van der Waals surface area contributed by atoms with Crippen LogP contribution in [0.3, 0.4) is 0 Å². The first-order valence-electron chi connectivity index (χ1n) is 8.90. The maximum absolute atomic E-state index is 13.2. The Bertz CT molecular complexity index is 1050. The van der Waals surface area contributed by atoms with Crippen molar-refractivity contribution < 1.29 is 4.79 Å². The van der Waals surface area contributed by atoms with E-state index in [1.807, 2.05) is 53.2 Å². The number of imidazole rings is 1. The van der Waals surface area contributed by atoms with Crippen LogP contribution in [0.25, 0.3) is 10.2 Å². The molecule has 4 rings (SSSR count). The van der Waals surface area contributed by atoms with Gasteiger partial charge in [0.15, 0.2) is 5.13 Å². The number of hydrogen-bond acceptors (Lipinski definition) is 4. The van der Waals surface area contributed by atoms with Gasteiger partial charge in [0.25, 0.3) is 5.91 Å². The van der Waals surface area contributed by atoms with Crippen molar-refractivity contribution in [2.45, 2.75) is 19.9 Å². The maximum atomic E-state index is 13.2. The Morgan fingerprint density at radius 2 is 2.00 bits per heavy atom. The number of aromatic nitrogens is 3. The van der Waals surface area contributed by atoms with Gasteiger partial charge in [-0.1, -0.05) is 35.6 Å². The molecular formula is C21H21ClN4OS. The lowest BCUT2D eigenvalue weighted by molar-refractivity contribution is 0.0986. The van der Waals surface area contributed by atoms with Crippen molar-refractivity contribution in [1.29, 1.82) is 0 Å². The van der Waals surface area contributed by atoms with E-state index >= 15 is 0 Å². The standard InChI is InChI=1S/C21H20N4OS.ClH/c1-16-8-9-18-19(14-16)27-21(23-18)25(12-5-11-24-13-10-22-15-24)20(26)17-6-3-2-4-7-17;/h2-4,6-10,13-15H,5,11-12H2,1H3;1H. The molecule has 0 N–H and O–H groups in total. The van der Waals surface area contributed by atoms with Crippen LogP contribution in [0.5, 0.6) is 0 Å². The molecular weight excluding hydrogens is 392 g/mol. The number of fused-ring (bicyclic) bond motifs is 1. The zero-order valence-corrected chi connectivity index (χ0v) is 17.1. The molecule has 144 valence electrons. The van der Waals surface area contributed by atoms with Crippen molar-refractivity contribution in [3.05, 3.63) is 78.4 Å². The lowest BCUT2D eigenvalue weighted by Gasteiger charge is -2.20. The molecule has 0 aliphatic carbocycles. The first-order valence-corrected chi connectivity index (χ1v) is 9.72. The predicted octanol–water partition coefficient (Wildman–Crippen LogP) is 4.96. The first kappa shape index (κ1) is 20.0. The van der Waals surface area contributed by atoms with Crippen LogP contribution in [-0.2, 0) is 6.54 Å². The van der Waals surface area contributed by atoms with Crippen LogP contribution in [0.4, 0.5) is 5.13 Å². The lowest BCUT2D eigenvalue weighted by atomic mass is 10.2. The number of thiazole rings is 1. The molecule has 1 amide bonds. The molecule has 28 heavy (non-hydrogen) atoms. The molecule has 0 aliphatic rings. The Kier molecular flexibility index (Phi) is 6.44. The molecule has 0 saturated heterocycles. The number of nitrogens with zero attached hydrogens (tertiary/aromatic N) is 4. The third kappa shape index (κ3) is 4.40. The lowest BCUT2D eigenvalue weighted by Crippen LogP contribution is -2.32. The van der Waals surface area contributed by atoms with E-state index in [1.165, 1.54) is 5.56 Å². The number of carbonyl (C=O) groups is 1. The van der Waals surface area contributed by atoms with Crippen LogP contribution in [0, 0.1) is 6.92 Å². The molecule has 4 aromatic rings. The second-order valence-corrected chi connectivity index (χ2v) is 7.45. The smallest absolute Gasteiger partial charge is 0.260 e. The number of amides is 1. The highest BCUT2D eigenvalue weighted by atomic mass is 35.5. The normalized spacial score (nSPS) is 10.6. The number of halogens is 1. The van der Waals surface area contributed by atoms with E-state index in [1.54, 1.807) is 28.8 Å². The average molecular weight is 413 g/mol. The molecule has 2 aromatic carbocycles. The van der Waals surface area contributed by atoms with Gasteiger partial charge in [-0.3, -0.25) is 9.69 Å². The second-order valence-electron chi connectivity index (χ2n) is 6.44. The highest BCUT2D eigenvalue weighted by molar-refractivity contribution is 7.22. The Balaban J connectivity index is 0.00000225. The van der Waals surface area contributed by atoms with Gasteiger partial charge in [0, 0.05) is 31.0 Å². The molecule has 0 saturated carbocycles. The van der Waals surface area contributed by atoms with Crippen molar-refractivity contribution in [3.8, 4) is 0 Å². The third-order valence-corrected chi connectivity index (χ3v) is 5.43. The van der Waals surface area contributed by atoms with Crippen LogP contribution in [0.1, 0.15) is 22.3 Å². The quantitative estimate of drug-likeness (QED) is 0.449. The topological polar surface area (TPSA) is 51.0 Å². The van der Waals surface area contributed by atoms with Gasteiger partial charge in [-0.05, 0) is 43.2 Å². The molecule has 0 fully saturated rings. The molecule has 0 atom stereocenters. The zero-order chi connectivity index (χ0) is 18.6. The Labute approximate surface area is 174 Å². The first-order chi connectivity index (χ1) is 13.2. The highest BCUT2D eigenvalue weighted by Crippen LogP contribution is 2.30. The van der Waals surface area contributed by atoms with Gasteiger partial charge in [0.2, 0.25) is 0 Å². The van der Waals surface area contributed by atoms with Crippen molar-refractivity contribution >= 4 is 45.0 Å².